The molecule has 1 atom stereocenters. The number of rotatable bonds is 7. The highest BCUT2D eigenvalue weighted by molar-refractivity contribution is 5.88. The summed E-state index contributed by atoms with van der Waals surface area (Å²) < 4.78 is 0. The Morgan fingerprint density at radius 2 is 1.67 bits per heavy atom. The van der Waals surface area contributed by atoms with Gasteiger partial charge < -0.3 is 15.7 Å². The minimum Gasteiger partial charge on any atom is -0.480 e. The largest absolute Gasteiger partial charge is 0.480 e. The molecule has 2 rings (SSSR count). The Kier molecular flexibility index (Phi) is 5.59. The van der Waals surface area contributed by atoms with Crippen LogP contribution in [0.3, 0.4) is 0 Å². The van der Waals surface area contributed by atoms with Gasteiger partial charge in [0.2, 0.25) is 11.8 Å². The third-order valence-corrected chi connectivity index (χ3v) is 4.32. The van der Waals surface area contributed by atoms with Crippen molar-refractivity contribution in [1.29, 1.82) is 0 Å². The van der Waals surface area contributed by atoms with Crippen LogP contribution in [0.2, 0.25) is 0 Å². The predicted octanol–water partition coefficient (Wildman–Crippen LogP) is 1.05. The number of amides is 2. The molecule has 0 heterocycles. The van der Waals surface area contributed by atoms with Crippen LogP contribution < -0.4 is 10.6 Å². The first-order valence-electron chi connectivity index (χ1n) is 7.85. The van der Waals surface area contributed by atoms with Gasteiger partial charge in [-0.15, -0.1) is 0 Å². The molecule has 0 saturated heterocycles. The van der Waals surface area contributed by atoms with Crippen molar-refractivity contribution in [2.24, 2.45) is 11.8 Å². The Bertz CT molecular complexity index is 400. The normalized spacial score (nSPS) is 20.6. The van der Waals surface area contributed by atoms with E-state index in [0.717, 1.165) is 25.7 Å². The highest BCUT2D eigenvalue weighted by Crippen LogP contribution is 2.32. The van der Waals surface area contributed by atoms with Gasteiger partial charge in [-0.3, -0.25) is 9.59 Å². The third-order valence-electron chi connectivity index (χ3n) is 4.32. The van der Waals surface area contributed by atoms with E-state index in [1.807, 2.05) is 0 Å². The van der Waals surface area contributed by atoms with Crippen LogP contribution in [0, 0.1) is 11.8 Å². The first kappa shape index (κ1) is 15.8. The van der Waals surface area contributed by atoms with E-state index in [2.05, 4.69) is 10.6 Å². The Hall–Kier alpha value is -1.59. The van der Waals surface area contributed by atoms with Crippen molar-refractivity contribution in [2.45, 2.75) is 57.4 Å². The van der Waals surface area contributed by atoms with Gasteiger partial charge in [-0.2, -0.15) is 0 Å². The maximum atomic E-state index is 11.8. The van der Waals surface area contributed by atoms with E-state index in [-0.39, 0.29) is 18.4 Å². The summed E-state index contributed by atoms with van der Waals surface area (Å²) >= 11 is 0. The Labute approximate surface area is 124 Å². The second kappa shape index (κ2) is 7.43. The molecule has 0 aromatic carbocycles. The molecule has 6 nitrogen and oxygen atoms in total. The van der Waals surface area contributed by atoms with Crippen LogP contribution in [0.5, 0.6) is 0 Å². The monoisotopic (exact) mass is 296 g/mol. The van der Waals surface area contributed by atoms with Crippen molar-refractivity contribution in [1.82, 2.24) is 10.6 Å². The summed E-state index contributed by atoms with van der Waals surface area (Å²) in [5, 5.41) is 14.1. The van der Waals surface area contributed by atoms with Crippen molar-refractivity contribution in [3.63, 3.8) is 0 Å². The fourth-order valence-electron chi connectivity index (χ4n) is 2.94. The molecule has 1 unspecified atom stereocenters. The van der Waals surface area contributed by atoms with E-state index in [4.69, 9.17) is 5.11 Å². The molecule has 0 radical (unpaired) electrons. The van der Waals surface area contributed by atoms with E-state index >= 15 is 0 Å². The molecule has 0 aliphatic heterocycles. The molecule has 3 N–H and O–H groups in total. The molecule has 118 valence electrons. The predicted molar refractivity (Wildman–Crippen MR) is 76.5 cm³/mol. The maximum absolute atomic E-state index is 11.8. The van der Waals surface area contributed by atoms with Gasteiger partial charge in [0.15, 0.2) is 0 Å². The molecule has 0 bridgehead atoms. The van der Waals surface area contributed by atoms with E-state index in [9.17, 15) is 14.4 Å². The quantitative estimate of drug-likeness (QED) is 0.654. The van der Waals surface area contributed by atoms with Crippen molar-refractivity contribution in [3.05, 3.63) is 0 Å². The number of carbonyl (C=O) groups excluding carboxylic acids is 2. The summed E-state index contributed by atoms with van der Waals surface area (Å²) in [6.07, 6.45) is 7.93. The fraction of sp³-hybridized carbons (Fsp3) is 0.800. The van der Waals surface area contributed by atoms with Crippen LogP contribution in [0.15, 0.2) is 0 Å². The van der Waals surface area contributed by atoms with E-state index in [1.165, 1.54) is 19.3 Å². The topological polar surface area (TPSA) is 95.5 Å². The first-order valence-corrected chi connectivity index (χ1v) is 7.85. The van der Waals surface area contributed by atoms with Crippen LogP contribution in [0.25, 0.3) is 0 Å². The van der Waals surface area contributed by atoms with Crippen LogP contribution in [0.4, 0.5) is 0 Å². The number of nitrogens with one attached hydrogen (secondary N) is 2. The average Bonchev–Trinajstić information content (AvgIpc) is 3.28. The van der Waals surface area contributed by atoms with Crippen LogP contribution in [-0.4, -0.2) is 35.5 Å². The Balaban J connectivity index is 1.65. The molecule has 0 aromatic heterocycles. The van der Waals surface area contributed by atoms with Crippen molar-refractivity contribution >= 4 is 17.8 Å². The summed E-state index contributed by atoms with van der Waals surface area (Å²) in [5.74, 6) is -1.06. The summed E-state index contributed by atoms with van der Waals surface area (Å²) in [7, 11) is 0. The van der Waals surface area contributed by atoms with Crippen LogP contribution >= 0.6 is 0 Å². The van der Waals surface area contributed by atoms with E-state index in [1.54, 1.807) is 0 Å². The number of carbonyl (C=O) groups is 3. The van der Waals surface area contributed by atoms with Gasteiger partial charge in [-0.05, 0) is 37.5 Å². The zero-order valence-corrected chi connectivity index (χ0v) is 12.3. The highest BCUT2D eigenvalue weighted by Gasteiger charge is 2.37. The lowest BCUT2D eigenvalue weighted by Gasteiger charge is -2.20. The number of hydrogen-bond acceptors (Lipinski definition) is 3. The summed E-state index contributed by atoms with van der Waals surface area (Å²) in [5.41, 5.74) is 0. The SMILES string of the molecule is O=C(CC1CCCCC1)NCC(=O)NC(C(=O)O)C1CC1. The lowest BCUT2D eigenvalue weighted by atomic mass is 9.87. The van der Waals surface area contributed by atoms with Crippen molar-refractivity contribution in [2.75, 3.05) is 6.54 Å². The van der Waals surface area contributed by atoms with Gasteiger partial charge in [0, 0.05) is 6.42 Å². The molecule has 0 spiro atoms. The lowest BCUT2D eigenvalue weighted by Crippen LogP contribution is -2.46. The van der Waals surface area contributed by atoms with Gasteiger partial charge in [-0.25, -0.2) is 4.79 Å². The molecular weight excluding hydrogens is 272 g/mol. The average molecular weight is 296 g/mol. The molecule has 2 amide bonds. The molecule has 2 aliphatic carbocycles. The van der Waals surface area contributed by atoms with E-state index < -0.39 is 17.9 Å². The number of aliphatic carboxylic acids is 1. The maximum Gasteiger partial charge on any atom is 0.326 e. The molecule has 2 fully saturated rings. The van der Waals surface area contributed by atoms with Gasteiger partial charge >= 0.3 is 5.97 Å². The minimum absolute atomic E-state index is 0.0457. The Morgan fingerprint density at radius 1 is 1.00 bits per heavy atom. The second-order valence-electron chi connectivity index (χ2n) is 6.21. The smallest absolute Gasteiger partial charge is 0.326 e. The van der Waals surface area contributed by atoms with Crippen molar-refractivity contribution < 1.29 is 19.5 Å². The molecule has 2 aliphatic rings. The third kappa shape index (κ3) is 5.36. The number of hydrogen-bond donors (Lipinski definition) is 3. The lowest BCUT2D eigenvalue weighted by molar-refractivity contribution is -0.142. The first-order chi connectivity index (χ1) is 10.1. The van der Waals surface area contributed by atoms with Gasteiger partial charge in [-0.1, -0.05) is 19.3 Å². The zero-order chi connectivity index (χ0) is 15.2. The summed E-state index contributed by atoms with van der Waals surface area (Å²) in [4.78, 5) is 34.5. The minimum atomic E-state index is -1.00. The Morgan fingerprint density at radius 3 is 2.24 bits per heavy atom. The van der Waals surface area contributed by atoms with Crippen LogP contribution in [-0.2, 0) is 14.4 Å². The summed E-state index contributed by atoms with van der Waals surface area (Å²) in [6.45, 7) is -0.137. The van der Waals surface area contributed by atoms with Gasteiger partial charge in [0.1, 0.15) is 6.04 Å². The zero-order valence-electron chi connectivity index (χ0n) is 12.3. The van der Waals surface area contributed by atoms with Gasteiger partial charge in [0.25, 0.3) is 0 Å². The summed E-state index contributed by atoms with van der Waals surface area (Å²) in [6, 6.07) is -0.812. The number of carboxylic acid groups (broad SMARTS) is 1. The fourth-order valence-corrected chi connectivity index (χ4v) is 2.94. The highest BCUT2D eigenvalue weighted by atomic mass is 16.4. The second-order valence-corrected chi connectivity index (χ2v) is 6.21. The molecule has 21 heavy (non-hydrogen) atoms. The standard InChI is InChI=1S/C15H24N2O4/c18-12(8-10-4-2-1-3-5-10)16-9-13(19)17-14(15(20)21)11-6-7-11/h10-11,14H,1-9H2,(H,16,18)(H,17,19)(H,20,21). The number of carboxylic acids is 1. The molecule has 0 aromatic rings. The van der Waals surface area contributed by atoms with Crippen molar-refractivity contribution in [3.8, 4) is 0 Å². The van der Waals surface area contributed by atoms with E-state index in [0.29, 0.717) is 12.3 Å². The molecule has 6 heteroatoms. The van der Waals surface area contributed by atoms with Gasteiger partial charge in [0.05, 0.1) is 6.54 Å². The molecular formula is C15H24N2O4. The molecule has 2 saturated carbocycles. The van der Waals surface area contributed by atoms with Crippen LogP contribution in [0.1, 0.15) is 51.4 Å².